The Morgan fingerprint density at radius 1 is 0.792 bits per heavy atom. The second-order valence-electron chi connectivity index (χ2n) is 6.86. The molecule has 0 radical (unpaired) electrons. The maximum absolute atomic E-state index is 12.5. The molecule has 2 aliphatic rings. The van der Waals surface area contributed by atoms with Gasteiger partial charge in [-0.2, -0.15) is 0 Å². The van der Waals surface area contributed by atoms with Gasteiger partial charge in [0, 0.05) is 12.1 Å². The van der Waals surface area contributed by atoms with Crippen LogP contribution in [-0.4, -0.2) is 28.9 Å². The molecule has 1 aromatic carbocycles. The van der Waals surface area contributed by atoms with Crippen molar-refractivity contribution in [2.75, 3.05) is 0 Å². The van der Waals surface area contributed by atoms with E-state index in [-0.39, 0.29) is 21.9 Å². The van der Waals surface area contributed by atoms with Gasteiger partial charge in [0.15, 0.2) is 0 Å². The first-order valence-corrected chi connectivity index (χ1v) is 11.4. The van der Waals surface area contributed by atoms with Gasteiger partial charge in [-0.3, -0.25) is 0 Å². The summed E-state index contributed by atoms with van der Waals surface area (Å²) in [5.74, 6) is 0.316. The number of hydrogen-bond acceptors (Lipinski definition) is 4. The zero-order valence-corrected chi connectivity index (χ0v) is 15.4. The van der Waals surface area contributed by atoms with E-state index in [2.05, 4.69) is 16.4 Å². The quantitative estimate of drug-likeness (QED) is 0.799. The van der Waals surface area contributed by atoms with Gasteiger partial charge in [-0.05, 0) is 55.9 Å². The molecule has 2 aliphatic carbocycles. The molecule has 6 nitrogen and oxygen atoms in total. The highest BCUT2D eigenvalue weighted by atomic mass is 32.2. The van der Waals surface area contributed by atoms with Crippen LogP contribution in [0.15, 0.2) is 34.1 Å². The first-order valence-electron chi connectivity index (χ1n) is 8.43. The minimum atomic E-state index is -3.63. The predicted octanol–water partition coefficient (Wildman–Crippen LogP) is 1.98. The Morgan fingerprint density at radius 3 is 1.79 bits per heavy atom. The van der Waals surface area contributed by atoms with E-state index in [9.17, 15) is 16.8 Å². The highest BCUT2D eigenvalue weighted by Gasteiger charge is 2.29. The van der Waals surface area contributed by atoms with Crippen LogP contribution in [-0.2, 0) is 20.0 Å². The summed E-state index contributed by atoms with van der Waals surface area (Å²) < 4.78 is 54.6. The van der Waals surface area contributed by atoms with E-state index in [0.29, 0.717) is 5.92 Å². The Hall–Kier alpha value is -0.960. The number of nitrogens with one attached hydrogen (secondary N) is 2. The first kappa shape index (κ1) is 17.8. The SMILES string of the molecule is CC1CCCCC1NS(=O)(=O)c1ccc(S(=O)(=O)NC2CC2)cc1. The summed E-state index contributed by atoms with van der Waals surface area (Å²) in [6.07, 6.45) is 5.75. The molecule has 0 saturated heterocycles. The molecule has 134 valence electrons. The van der Waals surface area contributed by atoms with E-state index in [1.54, 1.807) is 0 Å². The molecule has 2 atom stereocenters. The lowest BCUT2D eigenvalue weighted by molar-refractivity contribution is 0.310. The second kappa shape index (κ2) is 6.74. The van der Waals surface area contributed by atoms with Crippen molar-refractivity contribution in [2.24, 2.45) is 5.92 Å². The topological polar surface area (TPSA) is 92.3 Å². The first-order chi connectivity index (χ1) is 11.3. The number of rotatable bonds is 6. The average Bonchev–Trinajstić information content (AvgIpc) is 3.33. The van der Waals surface area contributed by atoms with Crippen LogP contribution in [0.5, 0.6) is 0 Å². The van der Waals surface area contributed by atoms with Gasteiger partial charge in [-0.15, -0.1) is 0 Å². The molecule has 2 saturated carbocycles. The van der Waals surface area contributed by atoms with Crippen molar-refractivity contribution >= 4 is 20.0 Å². The van der Waals surface area contributed by atoms with Gasteiger partial charge in [-0.1, -0.05) is 19.8 Å². The standard InChI is InChI=1S/C16H24N2O4S2/c1-12-4-2-3-5-16(12)18-24(21,22)15-10-8-14(9-11-15)23(19,20)17-13-6-7-13/h8-13,16-18H,2-7H2,1H3. The van der Waals surface area contributed by atoms with Gasteiger partial charge in [0.2, 0.25) is 20.0 Å². The van der Waals surface area contributed by atoms with Crippen molar-refractivity contribution in [1.82, 2.24) is 9.44 Å². The second-order valence-corrected chi connectivity index (χ2v) is 10.3. The third-order valence-corrected chi connectivity index (χ3v) is 7.80. The molecule has 0 aliphatic heterocycles. The van der Waals surface area contributed by atoms with Crippen LogP contribution in [0.2, 0.25) is 0 Å². The molecular weight excluding hydrogens is 348 g/mol. The molecule has 3 rings (SSSR count). The summed E-state index contributed by atoms with van der Waals surface area (Å²) in [7, 11) is -7.19. The lowest BCUT2D eigenvalue weighted by Crippen LogP contribution is -2.40. The lowest BCUT2D eigenvalue weighted by atomic mass is 9.87. The van der Waals surface area contributed by atoms with Gasteiger partial charge in [-0.25, -0.2) is 26.3 Å². The maximum Gasteiger partial charge on any atom is 0.240 e. The Morgan fingerprint density at radius 2 is 1.29 bits per heavy atom. The molecule has 1 aromatic rings. The van der Waals surface area contributed by atoms with Gasteiger partial charge >= 0.3 is 0 Å². The fraction of sp³-hybridized carbons (Fsp3) is 0.625. The zero-order chi connectivity index (χ0) is 17.4. The zero-order valence-electron chi connectivity index (χ0n) is 13.7. The number of benzene rings is 1. The summed E-state index contributed by atoms with van der Waals surface area (Å²) in [5, 5.41) is 0. The number of hydrogen-bond donors (Lipinski definition) is 2. The van der Waals surface area contributed by atoms with Crippen molar-refractivity contribution in [3.63, 3.8) is 0 Å². The molecule has 0 spiro atoms. The monoisotopic (exact) mass is 372 g/mol. The summed E-state index contributed by atoms with van der Waals surface area (Å²) in [6.45, 7) is 2.06. The van der Waals surface area contributed by atoms with E-state index in [1.807, 2.05) is 0 Å². The van der Waals surface area contributed by atoms with Crippen LogP contribution in [0.25, 0.3) is 0 Å². The van der Waals surface area contributed by atoms with E-state index in [4.69, 9.17) is 0 Å². The molecule has 2 unspecified atom stereocenters. The van der Waals surface area contributed by atoms with Crippen LogP contribution < -0.4 is 9.44 Å². The molecule has 0 bridgehead atoms. The maximum atomic E-state index is 12.5. The molecule has 8 heteroatoms. The highest BCUT2D eigenvalue weighted by Crippen LogP contribution is 2.26. The normalized spacial score (nSPS) is 25.5. The van der Waals surface area contributed by atoms with Crippen molar-refractivity contribution in [3.05, 3.63) is 24.3 Å². The fourth-order valence-electron chi connectivity index (χ4n) is 3.05. The van der Waals surface area contributed by atoms with E-state index in [0.717, 1.165) is 38.5 Å². The molecule has 2 fully saturated rings. The highest BCUT2D eigenvalue weighted by molar-refractivity contribution is 7.90. The van der Waals surface area contributed by atoms with Crippen molar-refractivity contribution < 1.29 is 16.8 Å². The minimum absolute atomic E-state index is 0.0212. The third kappa shape index (κ3) is 4.17. The molecular formula is C16H24N2O4S2. The number of sulfonamides is 2. The molecule has 0 amide bonds. The lowest BCUT2D eigenvalue weighted by Gasteiger charge is -2.29. The molecule has 0 aromatic heterocycles. The summed E-state index contributed by atoms with van der Waals surface area (Å²) in [4.78, 5) is 0.199. The van der Waals surface area contributed by atoms with Gasteiger partial charge < -0.3 is 0 Å². The Balaban J connectivity index is 1.74. The summed E-state index contributed by atoms with van der Waals surface area (Å²) in [6, 6.07) is 5.39. The molecule has 0 heterocycles. The van der Waals surface area contributed by atoms with E-state index in [1.165, 1.54) is 24.3 Å². The van der Waals surface area contributed by atoms with Crippen molar-refractivity contribution in [1.29, 1.82) is 0 Å². The Bertz CT molecular complexity index is 784. The largest absolute Gasteiger partial charge is 0.240 e. The van der Waals surface area contributed by atoms with Gasteiger partial charge in [0.05, 0.1) is 9.79 Å². The average molecular weight is 373 g/mol. The Kier molecular flexibility index (Phi) is 5.01. The summed E-state index contributed by atoms with van der Waals surface area (Å²) in [5.41, 5.74) is 0. The predicted molar refractivity (Wildman–Crippen MR) is 91.5 cm³/mol. The van der Waals surface area contributed by atoms with Crippen LogP contribution in [0.3, 0.4) is 0 Å². The van der Waals surface area contributed by atoms with Gasteiger partial charge in [0.25, 0.3) is 0 Å². The van der Waals surface area contributed by atoms with Crippen LogP contribution in [0, 0.1) is 5.92 Å². The van der Waals surface area contributed by atoms with Crippen molar-refractivity contribution in [2.45, 2.75) is 67.3 Å². The smallest absolute Gasteiger partial charge is 0.208 e. The van der Waals surface area contributed by atoms with Crippen LogP contribution >= 0.6 is 0 Å². The van der Waals surface area contributed by atoms with Crippen LogP contribution in [0.1, 0.15) is 45.4 Å². The van der Waals surface area contributed by atoms with Crippen LogP contribution in [0.4, 0.5) is 0 Å². The molecule has 24 heavy (non-hydrogen) atoms. The summed E-state index contributed by atoms with van der Waals surface area (Å²) >= 11 is 0. The van der Waals surface area contributed by atoms with E-state index < -0.39 is 20.0 Å². The van der Waals surface area contributed by atoms with E-state index >= 15 is 0 Å². The fourth-order valence-corrected chi connectivity index (χ4v) is 5.73. The van der Waals surface area contributed by atoms with Gasteiger partial charge in [0.1, 0.15) is 0 Å². The Labute approximate surface area is 144 Å². The third-order valence-electron chi connectivity index (χ3n) is 4.76. The minimum Gasteiger partial charge on any atom is -0.208 e. The van der Waals surface area contributed by atoms with Crippen molar-refractivity contribution in [3.8, 4) is 0 Å². The molecule has 2 N–H and O–H groups in total.